The maximum Gasteiger partial charge on any atom is 0.00746 e. The van der Waals surface area contributed by atoms with E-state index in [1.54, 1.807) is 0 Å². The summed E-state index contributed by atoms with van der Waals surface area (Å²) in [6.45, 7) is 10.7. The van der Waals surface area contributed by atoms with E-state index >= 15 is 0 Å². The first-order valence-electron chi connectivity index (χ1n) is 6.27. The fourth-order valence-electron chi connectivity index (χ4n) is 2.98. The van der Waals surface area contributed by atoms with Crippen molar-refractivity contribution in [2.45, 2.75) is 65.8 Å². The molecule has 0 aromatic carbocycles. The maximum absolute atomic E-state index is 3.71. The summed E-state index contributed by atoms with van der Waals surface area (Å²) in [6, 6.07) is 0.778. The zero-order valence-corrected chi connectivity index (χ0v) is 10.4. The van der Waals surface area contributed by atoms with Gasteiger partial charge in [-0.15, -0.1) is 0 Å². The fraction of sp³-hybridized carbons (Fsp3) is 1.00. The van der Waals surface area contributed by atoms with Gasteiger partial charge in [0.1, 0.15) is 0 Å². The molecule has 1 fully saturated rings. The molecule has 0 bridgehead atoms. The number of unbranched alkanes of at least 4 members (excludes halogenated alkanes) is 1. The summed E-state index contributed by atoms with van der Waals surface area (Å²) >= 11 is 0. The SMILES string of the molecule is CCCCNC1C[C@H](C)CC(C)(C)C1. The third-order valence-electron chi connectivity index (χ3n) is 3.35. The van der Waals surface area contributed by atoms with Gasteiger partial charge >= 0.3 is 0 Å². The van der Waals surface area contributed by atoms with Crippen LogP contribution in [0.25, 0.3) is 0 Å². The van der Waals surface area contributed by atoms with Gasteiger partial charge in [0.15, 0.2) is 0 Å². The molecule has 1 N–H and O–H groups in total. The minimum absolute atomic E-state index is 0.557. The lowest BCUT2D eigenvalue weighted by Gasteiger charge is -2.39. The van der Waals surface area contributed by atoms with Crippen molar-refractivity contribution in [3.63, 3.8) is 0 Å². The van der Waals surface area contributed by atoms with Gasteiger partial charge in [-0.05, 0) is 43.6 Å². The van der Waals surface area contributed by atoms with E-state index in [1.165, 1.54) is 38.6 Å². The summed E-state index contributed by atoms with van der Waals surface area (Å²) in [5.74, 6) is 0.901. The largest absolute Gasteiger partial charge is 0.314 e. The second-order valence-corrected chi connectivity index (χ2v) is 5.92. The van der Waals surface area contributed by atoms with E-state index in [0.717, 1.165) is 12.0 Å². The highest BCUT2D eigenvalue weighted by Gasteiger charge is 2.31. The number of rotatable bonds is 4. The van der Waals surface area contributed by atoms with Crippen molar-refractivity contribution in [1.29, 1.82) is 0 Å². The van der Waals surface area contributed by atoms with Crippen molar-refractivity contribution < 1.29 is 0 Å². The summed E-state index contributed by atoms with van der Waals surface area (Å²) in [7, 11) is 0. The van der Waals surface area contributed by atoms with Crippen molar-refractivity contribution in [3.05, 3.63) is 0 Å². The van der Waals surface area contributed by atoms with Crippen molar-refractivity contribution in [1.82, 2.24) is 5.32 Å². The molecule has 0 aliphatic heterocycles. The molecule has 0 saturated heterocycles. The average molecular weight is 197 g/mol. The summed E-state index contributed by atoms with van der Waals surface area (Å²) < 4.78 is 0. The molecule has 1 rings (SSSR count). The van der Waals surface area contributed by atoms with E-state index in [2.05, 4.69) is 33.0 Å². The highest BCUT2D eigenvalue weighted by Crippen LogP contribution is 2.38. The van der Waals surface area contributed by atoms with Crippen LogP contribution in [0.5, 0.6) is 0 Å². The van der Waals surface area contributed by atoms with Gasteiger partial charge in [0.05, 0.1) is 0 Å². The lowest BCUT2D eigenvalue weighted by atomic mass is 9.70. The predicted molar refractivity (Wildman–Crippen MR) is 63.5 cm³/mol. The molecular weight excluding hydrogens is 170 g/mol. The first-order chi connectivity index (χ1) is 6.53. The summed E-state index contributed by atoms with van der Waals surface area (Å²) in [5, 5.41) is 3.71. The van der Waals surface area contributed by atoms with Gasteiger partial charge in [-0.1, -0.05) is 34.1 Å². The van der Waals surface area contributed by atoms with Crippen LogP contribution in [-0.2, 0) is 0 Å². The average Bonchev–Trinajstić information content (AvgIpc) is 2.00. The second kappa shape index (κ2) is 5.16. The molecule has 1 unspecified atom stereocenters. The van der Waals surface area contributed by atoms with Crippen molar-refractivity contribution in [3.8, 4) is 0 Å². The lowest BCUT2D eigenvalue weighted by molar-refractivity contribution is 0.151. The van der Waals surface area contributed by atoms with Crippen LogP contribution in [0.15, 0.2) is 0 Å². The quantitative estimate of drug-likeness (QED) is 0.679. The van der Waals surface area contributed by atoms with Crippen molar-refractivity contribution in [2.24, 2.45) is 11.3 Å². The Morgan fingerprint density at radius 2 is 2.00 bits per heavy atom. The van der Waals surface area contributed by atoms with Crippen LogP contribution in [0, 0.1) is 11.3 Å². The molecule has 1 heteroatoms. The van der Waals surface area contributed by atoms with Crippen LogP contribution in [0.4, 0.5) is 0 Å². The van der Waals surface area contributed by atoms with Gasteiger partial charge in [0, 0.05) is 6.04 Å². The van der Waals surface area contributed by atoms with E-state index in [1.807, 2.05) is 0 Å². The monoisotopic (exact) mass is 197 g/mol. The molecule has 1 nitrogen and oxygen atoms in total. The van der Waals surface area contributed by atoms with Gasteiger partial charge in [0.2, 0.25) is 0 Å². The zero-order chi connectivity index (χ0) is 10.6. The number of hydrogen-bond donors (Lipinski definition) is 1. The molecule has 1 aliphatic carbocycles. The van der Waals surface area contributed by atoms with Gasteiger partial charge in [0.25, 0.3) is 0 Å². The molecule has 1 aliphatic rings. The first kappa shape index (κ1) is 12.0. The second-order valence-electron chi connectivity index (χ2n) is 5.92. The molecule has 0 radical (unpaired) electrons. The summed E-state index contributed by atoms with van der Waals surface area (Å²) in [4.78, 5) is 0. The summed E-state index contributed by atoms with van der Waals surface area (Å²) in [6.07, 6.45) is 6.77. The molecular formula is C13H27N. The fourth-order valence-corrected chi connectivity index (χ4v) is 2.98. The maximum atomic E-state index is 3.71. The lowest BCUT2D eigenvalue weighted by Crippen LogP contribution is -2.40. The Kier molecular flexibility index (Phi) is 4.43. The molecule has 0 heterocycles. The van der Waals surface area contributed by atoms with Crippen LogP contribution >= 0.6 is 0 Å². The molecule has 0 aromatic rings. The molecule has 0 spiro atoms. The molecule has 0 aromatic heterocycles. The highest BCUT2D eigenvalue weighted by atomic mass is 14.9. The Bertz CT molecular complexity index is 163. The van der Waals surface area contributed by atoms with E-state index in [0.29, 0.717) is 5.41 Å². The molecule has 1 saturated carbocycles. The standard InChI is InChI=1S/C13H27N/c1-5-6-7-14-12-8-11(2)9-13(3,4)10-12/h11-12,14H,5-10H2,1-4H3/t11-,12?/m0/s1. The molecule has 0 amide bonds. The van der Waals surface area contributed by atoms with Gasteiger partial charge in [-0.25, -0.2) is 0 Å². The Hall–Kier alpha value is -0.0400. The van der Waals surface area contributed by atoms with E-state index in [4.69, 9.17) is 0 Å². The normalized spacial score (nSPS) is 31.7. The third-order valence-corrected chi connectivity index (χ3v) is 3.35. The minimum Gasteiger partial charge on any atom is -0.314 e. The Morgan fingerprint density at radius 1 is 1.29 bits per heavy atom. The highest BCUT2D eigenvalue weighted by molar-refractivity contribution is 4.86. The Morgan fingerprint density at radius 3 is 2.57 bits per heavy atom. The topological polar surface area (TPSA) is 12.0 Å². The van der Waals surface area contributed by atoms with Gasteiger partial charge in [-0.3, -0.25) is 0 Å². The summed E-state index contributed by atoms with van der Waals surface area (Å²) in [5.41, 5.74) is 0.557. The van der Waals surface area contributed by atoms with Crippen LogP contribution in [0.2, 0.25) is 0 Å². The third kappa shape index (κ3) is 4.00. The number of hydrogen-bond acceptors (Lipinski definition) is 1. The van der Waals surface area contributed by atoms with Crippen molar-refractivity contribution in [2.75, 3.05) is 6.54 Å². The molecule has 84 valence electrons. The number of nitrogens with one attached hydrogen (secondary N) is 1. The van der Waals surface area contributed by atoms with E-state index < -0.39 is 0 Å². The Balaban J connectivity index is 2.30. The zero-order valence-electron chi connectivity index (χ0n) is 10.4. The van der Waals surface area contributed by atoms with Crippen LogP contribution in [0.3, 0.4) is 0 Å². The Labute approximate surface area is 89.7 Å². The van der Waals surface area contributed by atoms with E-state index in [9.17, 15) is 0 Å². The molecule has 14 heavy (non-hydrogen) atoms. The molecule has 2 atom stereocenters. The predicted octanol–water partition coefficient (Wildman–Crippen LogP) is 3.59. The van der Waals surface area contributed by atoms with Crippen LogP contribution in [-0.4, -0.2) is 12.6 Å². The van der Waals surface area contributed by atoms with E-state index in [-0.39, 0.29) is 0 Å². The smallest absolute Gasteiger partial charge is 0.00746 e. The minimum atomic E-state index is 0.557. The van der Waals surface area contributed by atoms with Crippen LogP contribution in [0.1, 0.15) is 59.8 Å². The van der Waals surface area contributed by atoms with Crippen molar-refractivity contribution >= 4 is 0 Å². The van der Waals surface area contributed by atoms with Gasteiger partial charge in [-0.2, -0.15) is 0 Å². The first-order valence-corrected chi connectivity index (χ1v) is 6.27. The van der Waals surface area contributed by atoms with Gasteiger partial charge < -0.3 is 5.32 Å². The van der Waals surface area contributed by atoms with Crippen LogP contribution < -0.4 is 5.32 Å².